The molecule has 1 heterocycles. The van der Waals surface area contributed by atoms with Crippen LogP contribution in [0.2, 0.25) is 0 Å². The second-order valence-electron chi connectivity index (χ2n) is 6.07. The van der Waals surface area contributed by atoms with Crippen LogP contribution in [0, 0.1) is 5.92 Å². The third-order valence-corrected chi connectivity index (χ3v) is 3.13. The third kappa shape index (κ3) is 5.24. The number of carboxylic acid groups (broad SMARTS) is 1. The van der Waals surface area contributed by atoms with E-state index in [1.54, 1.807) is 20.8 Å². The smallest absolute Gasteiger partial charge is 0.410 e. The van der Waals surface area contributed by atoms with Gasteiger partial charge in [-0.15, -0.1) is 0 Å². The van der Waals surface area contributed by atoms with Gasteiger partial charge in [0.05, 0.1) is 6.04 Å². The van der Waals surface area contributed by atoms with Gasteiger partial charge in [0.1, 0.15) is 5.60 Å². The van der Waals surface area contributed by atoms with Crippen molar-refractivity contribution in [2.45, 2.75) is 45.3 Å². The lowest BCUT2D eigenvalue weighted by Gasteiger charge is -2.24. The fraction of sp³-hybridized carbons (Fsp3) is 0.846. The van der Waals surface area contributed by atoms with Crippen LogP contribution in [0.3, 0.4) is 0 Å². The Morgan fingerprint density at radius 3 is 2.50 bits per heavy atom. The highest BCUT2D eigenvalue weighted by Gasteiger charge is 2.37. The molecule has 20 heavy (non-hydrogen) atoms. The summed E-state index contributed by atoms with van der Waals surface area (Å²) in [7, 11) is 0. The van der Waals surface area contributed by atoms with E-state index in [2.05, 4.69) is 5.32 Å². The lowest BCUT2D eigenvalue weighted by molar-refractivity contribution is 0.0284. The summed E-state index contributed by atoms with van der Waals surface area (Å²) in [5.41, 5.74) is -0.573. The molecule has 1 fully saturated rings. The molecule has 3 N–H and O–H groups in total. The Morgan fingerprint density at radius 1 is 1.35 bits per heavy atom. The second kappa shape index (κ2) is 6.78. The van der Waals surface area contributed by atoms with Crippen molar-refractivity contribution < 1.29 is 24.5 Å². The van der Waals surface area contributed by atoms with Crippen LogP contribution in [0.5, 0.6) is 0 Å². The summed E-state index contributed by atoms with van der Waals surface area (Å²) in [6, 6.07) is -0.313. The number of likely N-dealkylation sites (tertiary alicyclic amines) is 1. The molecule has 0 aromatic carbocycles. The highest BCUT2D eigenvalue weighted by atomic mass is 16.6. The molecule has 0 aliphatic carbocycles. The SMILES string of the molecule is CC(C)(C)OC(=O)N1C[C@@H](CCCO)[C@H](NC(=O)O)C1. The summed E-state index contributed by atoms with van der Waals surface area (Å²) in [5, 5.41) is 20.1. The molecule has 0 saturated carbocycles. The number of hydrogen-bond donors (Lipinski definition) is 3. The van der Waals surface area contributed by atoms with Gasteiger partial charge >= 0.3 is 12.2 Å². The van der Waals surface area contributed by atoms with Gasteiger partial charge in [-0.2, -0.15) is 0 Å². The first-order chi connectivity index (χ1) is 9.23. The molecule has 0 bridgehead atoms. The summed E-state index contributed by atoms with van der Waals surface area (Å²) < 4.78 is 5.29. The molecule has 1 rings (SSSR count). The summed E-state index contributed by atoms with van der Waals surface area (Å²) in [6.45, 7) is 6.17. The van der Waals surface area contributed by atoms with E-state index in [0.717, 1.165) is 0 Å². The van der Waals surface area contributed by atoms with Gasteiger partial charge in [-0.25, -0.2) is 9.59 Å². The average Bonchev–Trinajstić information content (AvgIpc) is 2.66. The third-order valence-electron chi connectivity index (χ3n) is 3.13. The minimum Gasteiger partial charge on any atom is -0.465 e. The molecule has 7 nitrogen and oxygen atoms in total. The Bertz CT molecular complexity index is 353. The van der Waals surface area contributed by atoms with E-state index < -0.39 is 17.8 Å². The summed E-state index contributed by atoms with van der Waals surface area (Å²) in [5.74, 6) is 0.00534. The van der Waals surface area contributed by atoms with Crippen molar-refractivity contribution in [3.8, 4) is 0 Å². The molecule has 2 amide bonds. The van der Waals surface area contributed by atoms with Crippen molar-refractivity contribution in [3.05, 3.63) is 0 Å². The Hall–Kier alpha value is -1.50. The van der Waals surface area contributed by atoms with Crippen LogP contribution in [0.1, 0.15) is 33.6 Å². The van der Waals surface area contributed by atoms with Crippen LogP contribution >= 0.6 is 0 Å². The zero-order valence-corrected chi connectivity index (χ0v) is 12.3. The molecule has 0 aromatic rings. The fourth-order valence-electron chi connectivity index (χ4n) is 2.31. The van der Waals surface area contributed by atoms with Gasteiger partial charge in [-0.1, -0.05) is 0 Å². The van der Waals surface area contributed by atoms with Crippen molar-refractivity contribution in [1.29, 1.82) is 0 Å². The van der Waals surface area contributed by atoms with Crippen molar-refractivity contribution in [2.75, 3.05) is 19.7 Å². The number of amides is 2. The van der Waals surface area contributed by atoms with Crippen molar-refractivity contribution in [3.63, 3.8) is 0 Å². The standard InChI is InChI=1S/C13H24N2O5/c1-13(2,3)20-12(19)15-7-9(5-4-6-16)10(8-15)14-11(17)18/h9-10,14,16H,4-8H2,1-3H3,(H,17,18)/t9-,10-/m1/s1. The number of rotatable bonds is 4. The lowest BCUT2D eigenvalue weighted by atomic mass is 9.98. The predicted octanol–water partition coefficient (Wildman–Crippen LogP) is 1.26. The lowest BCUT2D eigenvalue weighted by Crippen LogP contribution is -2.41. The number of aliphatic hydroxyl groups excluding tert-OH is 1. The molecule has 2 atom stereocenters. The topological polar surface area (TPSA) is 99.1 Å². The molecule has 0 aromatic heterocycles. The number of hydrogen-bond acceptors (Lipinski definition) is 4. The van der Waals surface area contributed by atoms with E-state index in [1.807, 2.05) is 0 Å². The molecule has 1 saturated heterocycles. The Morgan fingerprint density at radius 2 is 2.00 bits per heavy atom. The van der Waals surface area contributed by atoms with Gasteiger partial charge < -0.3 is 25.2 Å². The van der Waals surface area contributed by atoms with Gasteiger partial charge in [0.15, 0.2) is 0 Å². The highest BCUT2D eigenvalue weighted by molar-refractivity contribution is 5.69. The predicted molar refractivity (Wildman–Crippen MR) is 72.6 cm³/mol. The zero-order chi connectivity index (χ0) is 15.3. The average molecular weight is 288 g/mol. The van der Waals surface area contributed by atoms with E-state index in [-0.39, 0.29) is 18.6 Å². The number of nitrogens with zero attached hydrogens (tertiary/aromatic N) is 1. The van der Waals surface area contributed by atoms with Crippen LogP contribution in [0.4, 0.5) is 9.59 Å². The molecule has 1 aliphatic rings. The van der Waals surface area contributed by atoms with Crippen LogP contribution in [0.25, 0.3) is 0 Å². The van der Waals surface area contributed by atoms with Crippen molar-refractivity contribution in [1.82, 2.24) is 10.2 Å². The van der Waals surface area contributed by atoms with Gasteiger partial charge in [0.2, 0.25) is 0 Å². The van der Waals surface area contributed by atoms with Crippen molar-refractivity contribution >= 4 is 12.2 Å². The minimum atomic E-state index is -1.10. The molecule has 0 radical (unpaired) electrons. The first-order valence-electron chi connectivity index (χ1n) is 6.81. The second-order valence-corrected chi connectivity index (χ2v) is 6.07. The molecule has 116 valence electrons. The molecular weight excluding hydrogens is 264 g/mol. The minimum absolute atomic E-state index is 0.00534. The van der Waals surface area contributed by atoms with Crippen LogP contribution in [-0.4, -0.2) is 58.6 Å². The maximum absolute atomic E-state index is 12.0. The Labute approximate surface area is 118 Å². The monoisotopic (exact) mass is 288 g/mol. The largest absolute Gasteiger partial charge is 0.465 e. The Balaban J connectivity index is 2.63. The van der Waals surface area contributed by atoms with E-state index in [4.69, 9.17) is 14.9 Å². The van der Waals surface area contributed by atoms with Crippen LogP contribution in [0.15, 0.2) is 0 Å². The first kappa shape index (κ1) is 16.6. The molecule has 0 unspecified atom stereocenters. The van der Waals surface area contributed by atoms with Crippen molar-refractivity contribution in [2.24, 2.45) is 5.92 Å². The highest BCUT2D eigenvalue weighted by Crippen LogP contribution is 2.23. The Kier molecular flexibility index (Phi) is 5.62. The van der Waals surface area contributed by atoms with E-state index in [9.17, 15) is 9.59 Å². The molecular formula is C13H24N2O5. The van der Waals surface area contributed by atoms with Crippen LogP contribution in [-0.2, 0) is 4.74 Å². The van der Waals surface area contributed by atoms with Gasteiger partial charge in [-0.3, -0.25) is 0 Å². The normalized spacial score (nSPS) is 22.7. The zero-order valence-electron chi connectivity index (χ0n) is 12.3. The number of nitrogens with one attached hydrogen (secondary N) is 1. The number of aliphatic hydroxyl groups is 1. The number of carbonyl (C=O) groups excluding carboxylic acids is 1. The summed E-state index contributed by atoms with van der Waals surface area (Å²) in [6.07, 6.45) is -0.276. The van der Waals surface area contributed by atoms with Crippen LogP contribution < -0.4 is 5.32 Å². The van der Waals surface area contributed by atoms with Gasteiger partial charge in [0.25, 0.3) is 0 Å². The molecule has 0 spiro atoms. The first-order valence-corrected chi connectivity index (χ1v) is 6.81. The van der Waals surface area contributed by atoms with Gasteiger partial charge in [-0.05, 0) is 39.5 Å². The number of ether oxygens (including phenoxy) is 1. The van der Waals surface area contributed by atoms with E-state index in [1.165, 1.54) is 4.90 Å². The quantitative estimate of drug-likeness (QED) is 0.723. The summed E-state index contributed by atoms with van der Waals surface area (Å²) >= 11 is 0. The maximum Gasteiger partial charge on any atom is 0.410 e. The van der Waals surface area contributed by atoms with E-state index in [0.29, 0.717) is 25.9 Å². The molecule has 7 heteroatoms. The number of carbonyl (C=O) groups is 2. The van der Waals surface area contributed by atoms with E-state index >= 15 is 0 Å². The summed E-state index contributed by atoms with van der Waals surface area (Å²) in [4.78, 5) is 24.3. The maximum atomic E-state index is 12.0. The fourth-order valence-corrected chi connectivity index (χ4v) is 2.31. The van der Waals surface area contributed by atoms with Gasteiger partial charge in [0, 0.05) is 19.7 Å². The molecule has 1 aliphatic heterocycles.